The molecule has 0 fully saturated rings. The summed E-state index contributed by atoms with van der Waals surface area (Å²) in [6.07, 6.45) is 1.52. The number of hydrogen-bond donors (Lipinski definition) is 2. The van der Waals surface area contributed by atoms with Crippen LogP contribution in [0.2, 0.25) is 0 Å². The van der Waals surface area contributed by atoms with Crippen LogP contribution in [0.5, 0.6) is 17.2 Å². The summed E-state index contributed by atoms with van der Waals surface area (Å²) in [5.74, 6) is 0.379. The van der Waals surface area contributed by atoms with E-state index in [-0.39, 0.29) is 6.54 Å². The first-order valence-electron chi connectivity index (χ1n) is 9.80. The first-order valence-corrected chi connectivity index (χ1v) is 9.80. The molecule has 0 spiro atoms. The number of hydrazone groups is 1. The lowest BCUT2D eigenvalue weighted by atomic mass is 10.1. The summed E-state index contributed by atoms with van der Waals surface area (Å²) in [4.78, 5) is 24.5. The first kappa shape index (κ1) is 22.7. The molecular formula is C22H27N3O5. The minimum Gasteiger partial charge on any atom is -0.490 e. The van der Waals surface area contributed by atoms with Crippen LogP contribution in [-0.2, 0) is 4.79 Å². The second kappa shape index (κ2) is 12.1. The molecule has 2 aromatic carbocycles. The van der Waals surface area contributed by atoms with Crippen LogP contribution >= 0.6 is 0 Å². The molecule has 0 unspecified atom stereocenters. The van der Waals surface area contributed by atoms with E-state index < -0.39 is 11.8 Å². The molecule has 0 aromatic heterocycles. The van der Waals surface area contributed by atoms with E-state index in [1.165, 1.54) is 6.21 Å². The topological polar surface area (TPSA) is 98.2 Å². The largest absolute Gasteiger partial charge is 0.490 e. The average molecular weight is 413 g/mol. The fourth-order valence-electron chi connectivity index (χ4n) is 2.54. The molecule has 2 aromatic rings. The van der Waals surface area contributed by atoms with Gasteiger partial charge in [-0.1, -0.05) is 30.3 Å². The van der Waals surface area contributed by atoms with Gasteiger partial charge in [-0.05, 0) is 38.5 Å². The number of carbonyl (C=O) groups is 2. The number of benzene rings is 2. The van der Waals surface area contributed by atoms with Crippen molar-refractivity contribution < 1.29 is 23.8 Å². The van der Waals surface area contributed by atoms with Gasteiger partial charge in [-0.15, -0.1) is 0 Å². The Morgan fingerprint density at radius 1 is 0.933 bits per heavy atom. The summed E-state index contributed by atoms with van der Waals surface area (Å²) >= 11 is 0. The summed E-state index contributed by atoms with van der Waals surface area (Å²) in [5.41, 5.74) is 3.52. The Bertz CT molecular complexity index is 841. The summed E-state index contributed by atoms with van der Waals surface area (Å²) in [5, 5.41) is 6.43. The third-order valence-electron chi connectivity index (χ3n) is 3.78. The van der Waals surface area contributed by atoms with Crippen LogP contribution in [0.15, 0.2) is 47.6 Å². The van der Waals surface area contributed by atoms with Gasteiger partial charge in [-0.3, -0.25) is 9.59 Å². The van der Waals surface area contributed by atoms with Crippen molar-refractivity contribution in [1.29, 1.82) is 0 Å². The highest BCUT2D eigenvalue weighted by Crippen LogP contribution is 2.39. The third-order valence-corrected chi connectivity index (χ3v) is 3.78. The molecule has 0 saturated carbocycles. The third kappa shape index (κ3) is 6.80. The van der Waals surface area contributed by atoms with Crippen molar-refractivity contribution in [3.63, 3.8) is 0 Å². The lowest BCUT2D eigenvalue weighted by Gasteiger charge is -2.17. The molecule has 0 aliphatic carbocycles. The van der Waals surface area contributed by atoms with Crippen molar-refractivity contribution in [3.05, 3.63) is 53.6 Å². The maximum Gasteiger partial charge on any atom is 0.259 e. The zero-order chi connectivity index (χ0) is 21.8. The predicted octanol–water partition coefficient (Wildman–Crippen LogP) is 2.76. The molecule has 0 aliphatic heterocycles. The van der Waals surface area contributed by atoms with Crippen LogP contribution in [0.1, 0.15) is 36.7 Å². The normalized spacial score (nSPS) is 10.5. The van der Waals surface area contributed by atoms with Gasteiger partial charge in [-0.25, -0.2) is 5.43 Å². The molecule has 0 heterocycles. The molecule has 2 N–H and O–H groups in total. The highest BCUT2D eigenvalue weighted by Gasteiger charge is 2.18. The first-order chi connectivity index (χ1) is 14.6. The van der Waals surface area contributed by atoms with E-state index in [2.05, 4.69) is 15.8 Å². The van der Waals surface area contributed by atoms with Crippen LogP contribution in [0.3, 0.4) is 0 Å². The number of nitrogens with zero attached hydrogens (tertiary/aromatic N) is 1. The van der Waals surface area contributed by atoms with Crippen LogP contribution in [0, 0.1) is 0 Å². The Morgan fingerprint density at radius 3 is 2.10 bits per heavy atom. The number of rotatable bonds is 11. The molecule has 0 saturated heterocycles. The van der Waals surface area contributed by atoms with E-state index in [0.29, 0.717) is 42.6 Å². The number of carbonyl (C=O) groups excluding carboxylic acids is 2. The molecule has 0 radical (unpaired) electrons. The minimum atomic E-state index is -0.448. The van der Waals surface area contributed by atoms with Crippen LogP contribution in [0.25, 0.3) is 0 Å². The van der Waals surface area contributed by atoms with Gasteiger partial charge in [0.15, 0.2) is 11.5 Å². The van der Waals surface area contributed by atoms with Gasteiger partial charge < -0.3 is 19.5 Å². The molecule has 0 aliphatic rings. The summed E-state index contributed by atoms with van der Waals surface area (Å²) in [7, 11) is 0. The second-order valence-corrected chi connectivity index (χ2v) is 5.99. The van der Waals surface area contributed by atoms with E-state index in [4.69, 9.17) is 14.2 Å². The summed E-state index contributed by atoms with van der Waals surface area (Å²) in [6, 6.07) is 12.5. The smallest absolute Gasteiger partial charge is 0.259 e. The molecule has 0 bridgehead atoms. The van der Waals surface area contributed by atoms with Gasteiger partial charge >= 0.3 is 0 Å². The number of hydrogen-bond acceptors (Lipinski definition) is 6. The summed E-state index contributed by atoms with van der Waals surface area (Å²) < 4.78 is 16.8. The van der Waals surface area contributed by atoms with Crippen molar-refractivity contribution in [2.45, 2.75) is 20.8 Å². The van der Waals surface area contributed by atoms with Crippen molar-refractivity contribution in [1.82, 2.24) is 10.7 Å². The molecule has 8 nitrogen and oxygen atoms in total. The van der Waals surface area contributed by atoms with Gasteiger partial charge in [-0.2, -0.15) is 5.10 Å². The van der Waals surface area contributed by atoms with E-state index in [9.17, 15) is 9.59 Å². The van der Waals surface area contributed by atoms with E-state index in [0.717, 1.165) is 5.56 Å². The minimum absolute atomic E-state index is 0.230. The number of amides is 2. The van der Waals surface area contributed by atoms with E-state index in [1.54, 1.807) is 12.1 Å². The van der Waals surface area contributed by atoms with Gasteiger partial charge in [0.1, 0.15) is 0 Å². The molecular weight excluding hydrogens is 386 g/mol. The Balaban J connectivity index is 2.02. The molecule has 2 rings (SSSR count). The summed E-state index contributed by atoms with van der Waals surface area (Å²) in [6.45, 7) is 6.52. The Hall–Kier alpha value is -3.55. The number of nitrogens with one attached hydrogen (secondary N) is 2. The van der Waals surface area contributed by atoms with Crippen LogP contribution in [-0.4, -0.2) is 44.4 Å². The van der Waals surface area contributed by atoms with Gasteiger partial charge in [0, 0.05) is 5.56 Å². The lowest BCUT2D eigenvalue weighted by molar-refractivity contribution is -0.120. The van der Waals surface area contributed by atoms with Crippen LogP contribution in [0.4, 0.5) is 0 Å². The Labute approximate surface area is 176 Å². The molecule has 30 heavy (non-hydrogen) atoms. The fourth-order valence-corrected chi connectivity index (χ4v) is 2.54. The van der Waals surface area contributed by atoms with Crippen molar-refractivity contribution in [2.24, 2.45) is 5.10 Å². The van der Waals surface area contributed by atoms with Crippen molar-refractivity contribution in [3.8, 4) is 17.2 Å². The maximum atomic E-state index is 12.5. The molecule has 160 valence electrons. The SMILES string of the molecule is CCOc1cc(C(=O)NCC(=O)NN=Cc2ccccc2)cc(OCC)c1OCC. The average Bonchev–Trinajstić information content (AvgIpc) is 2.75. The highest BCUT2D eigenvalue weighted by atomic mass is 16.5. The number of ether oxygens (including phenoxy) is 3. The Kier molecular flexibility index (Phi) is 9.18. The van der Waals surface area contributed by atoms with E-state index in [1.807, 2.05) is 51.1 Å². The second-order valence-electron chi connectivity index (χ2n) is 5.99. The maximum absolute atomic E-state index is 12.5. The zero-order valence-corrected chi connectivity index (χ0v) is 17.4. The highest BCUT2D eigenvalue weighted by molar-refractivity contribution is 5.97. The van der Waals surface area contributed by atoms with Crippen molar-refractivity contribution >= 4 is 18.0 Å². The zero-order valence-electron chi connectivity index (χ0n) is 17.4. The fraction of sp³-hybridized carbons (Fsp3) is 0.318. The van der Waals surface area contributed by atoms with Crippen molar-refractivity contribution in [2.75, 3.05) is 26.4 Å². The van der Waals surface area contributed by atoms with E-state index >= 15 is 0 Å². The molecule has 8 heteroatoms. The monoisotopic (exact) mass is 413 g/mol. The van der Waals surface area contributed by atoms with Gasteiger partial charge in [0.2, 0.25) is 5.75 Å². The predicted molar refractivity (Wildman–Crippen MR) is 114 cm³/mol. The standard InChI is InChI=1S/C22H27N3O5/c1-4-28-18-12-17(13-19(29-5-2)21(18)30-6-3)22(27)23-15-20(26)25-24-14-16-10-8-7-9-11-16/h7-14H,4-6,15H2,1-3H3,(H,23,27)(H,25,26). The lowest BCUT2D eigenvalue weighted by Crippen LogP contribution is -2.35. The van der Waals surface area contributed by atoms with Gasteiger partial charge in [0.25, 0.3) is 11.8 Å². The Morgan fingerprint density at radius 2 is 1.53 bits per heavy atom. The molecule has 2 amide bonds. The quantitative estimate of drug-likeness (QED) is 0.436. The van der Waals surface area contributed by atoms with Crippen LogP contribution < -0.4 is 25.0 Å². The van der Waals surface area contributed by atoms with Gasteiger partial charge in [0.05, 0.1) is 32.6 Å². The molecule has 0 atom stereocenters.